The number of carbonyl (C=O) groups excluding carboxylic acids is 2. The van der Waals surface area contributed by atoms with E-state index < -0.39 is 35.1 Å². The summed E-state index contributed by atoms with van der Waals surface area (Å²) in [5.41, 5.74) is -3.78. The maximum absolute atomic E-state index is 14.5. The molecule has 1 aliphatic heterocycles. The normalized spacial score (nSPS) is 15.6. The molecule has 0 radical (unpaired) electrons. The lowest BCUT2D eigenvalue weighted by molar-refractivity contribution is -0.274. The van der Waals surface area contributed by atoms with Crippen molar-refractivity contribution in [3.8, 4) is 17.4 Å². The number of hydrogen-bond acceptors (Lipinski definition) is 7. The minimum Gasteiger partial charge on any atom is -0.482 e. The summed E-state index contributed by atoms with van der Waals surface area (Å²) in [6.45, 7) is 0.941. The second-order valence-electron chi connectivity index (χ2n) is 8.67. The second-order valence-corrected chi connectivity index (χ2v) is 9.44. The molecule has 0 aliphatic carbocycles. The first-order chi connectivity index (χ1) is 18.3. The molecule has 0 spiro atoms. The molecule has 39 heavy (non-hydrogen) atoms. The molecule has 2 heterocycles. The molecule has 0 bridgehead atoms. The van der Waals surface area contributed by atoms with E-state index in [0.29, 0.717) is 0 Å². The van der Waals surface area contributed by atoms with E-state index in [-0.39, 0.29) is 51.0 Å². The number of nitrogens with zero attached hydrogens (tertiary/aromatic N) is 2. The maximum atomic E-state index is 14.5. The van der Waals surface area contributed by atoms with Crippen molar-refractivity contribution in [3.05, 3.63) is 75.4 Å². The van der Waals surface area contributed by atoms with Gasteiger partial charge in [0.2, 0.25) is 5.88 Å². The van der Waals surface area contributed by atoms with Crippen LogP contribution in [0.2, 0.25) is 10.2 Å². The van der Waals surface area contributed by atoms with Crippen molar-refractivity contribution < 1.29 is 42.1 Å². The first-order valence-electron chi connectivity index (χ1n) is 11.3. The molecule has 13 heteroatoms. The molecular weight excluding hydrogens is 564 g/mol. The van der Waals surface area contributed by atoms with E-state index in [9.17, 15) is 27.9 Å². The summed E-state index contributed by atoms with van der Waals surface area (Å²) >= 11 is 12.4. The van der Waals surface area contributed by atoms with Gasteiger partial charge in [-0.15, -0.1) is 0 Å². The van der Waals surface area contributed by atoms with Crippen LogP contribution in [0.25, 0.3) is 0 Å². The van der Waals surface area contributed by atoms with Crippen LogP contribution in [-0.2, 0) is 15.1 Å². The number of pyridine rings is 1. The van der Waals surface area contributed by atoms with E-state index in [0.717, 1.165) is 12.1 Å². The van der Waals surface area contributed by atoms with Crippen molar-refractivity contribution in [2.75, 3.05) is 25.7 Å². The minimum atomic E-state index is -5.13. The smallest absolute Gasteiger partial charge is 0.422 e. The molecular formula is C26H21Cl2F3N2O6. The van der Waals surface area contributed by atoms with Crippen molar-refractivity contribution in [2.24, 2.45) is 0 Å². The molecule has 1 aromatic heterocycles. The molecule has 0 saturated heterocycles. The number of aromatic nitrogens is 1. The average Bonchev–Trinajstić information content (AvgIpc) is 2.89. The van der Waals surface area contributed by atoms with Gasteiger partial charge in [0.25, 0.3) is 5.91 Å². The van der Waals surface area contributed by atoms with Crippen LogP contribution in [0.3, 0.4) is 0 Å². The van der Waals surface area contributed by atoms with Gasteiger partial charge in [-0.05, 0) is 41.5 Å². The van der Waals surface area contributed by atoms with Gasteiger partial charge < -0.3 is 24.2 Å². The van der Waals surface area contributed by atoms with Gasteiger partial charge in [-0.2, -0.15) is 13.2 Å². The fraction of sp³-hybridized carbons (Fsp3) is 0.269. The summed E-state index contributed by atoms with van der Waals surface area (Å²) < 4.78 is 59.0. The Morgan fingerprint density at radius 1 is 1.15 bits per heavy atom. The summed E-state index contributed by atoms with van der Waals surface area (Å²) in [5, 5.41) is 10.9. The number of rotatable bonds is 6. The van der Waals surface area contributed by atoms with Gasteiger partial charge in [-0.1, -0.05) is 42.3 Å². The van der Waals surface area contributed by atoms with Crippen molar-refractivity contribution in [1.29, 1.82) is 0 Å². The highest BCUT2D eigenvalue weighted by Gasteiger charge is 2.59. The molecule has 0 fully saturated rings. The summed E-state index contributed by atoms with van der Waals surface area (Å²) in [4.78, 5) is 28.8. The fourth-order valence-electron chi connectivity index (χ4n) is 4.17. The summed E-state index contributed by atoms with van der Waals surface area (Å²) in [5.74, 6) is -2.40. The molecule has 4 rings (SSSR count). The van der Waals surface area contributed by atoms with Crippen LogP contribution in [0.1, 0.15) is 34.3 Å². The summed E-state index contributed by atoms with van der Waals surface area (Å²) in [7, 11) is 2.59. The number of methoxy groups -OCH3 is 1. The minimum absolute atomic E-state index is 0.00809. The number of anilines is 1. The molecule has 2 atom stereocenters. The van der Waals surface area contributed by atoms with Gasteiger partial charge in [0.1, 0.15) is 16.7 Å². The third-order valence-corrected chi connectivity index (χ3v) is 7.05. The Balaban J connectivity index is 1.67. The quantitative estimate of drug-likeness (QED) is 0.285. The van der Waals surface area contributed by atoms with Gasteiger partial charge in [0.05, 0.1) is 18.4 Å². The molecule has 1 amide bonds. The fourth-order valence-corrected chi connectivity index (χ4v) is 4.73. The third kappa shape index (κ3) is 5.21. The second kappa shape index (κ2) is 10.6. The number of esters is 1. The Morgan fingerprint density at radius 2 is 1.87 bits per heavy atom. The largest absolute Gasteiger partial charge is 0.482 e. The van der Waals surface area contributed by atoms with Crippen LogP contribution in [-0.4, -0.2) is 48.9 Å². The zero-order chi connectivity index (χ0) is 28.7. The van der Waals surface area contributed by atoms with Gasteiger partial charge in [0.15, 0.2) is 12.2 Å². The molecule has 1 aliphatic rings. The van der Waals surface area contributed by atoms with Crippen molar-refractivity contribution in [3.63, 3.8) is 0 Å². The Labute approximate surface area is 230 Å². The van der Waals surface area contributed by atoms with Crippen LogP contribution in [0, 0.1) is 0 Å². The van der Waals surface area contributed by atoms with Crippen LogP contribution in [0.4, 0.5) is 18.9 Å². The summed E-state index contributed by atoms with van der Waals surface area (Å²) in [6.07, 6.45) is -5.13. The molecule has 0 unspecified atom stereocenters. The van der Waals surface area contributed by atoms with Crippen LogP contribution < -0.4 is 14.4 Å². The summed E-state index contributed by atoms with van der Waals surface area (Å²) in [6, 6.07) is 10.1. The number of benzene rings is 2. The predicted octanol–water partition coefficient (Wildman–Crippen LogP) is 5.88. The lowest BCUT2D eigenvalue weighted by atomic mass is 9.77. The number of aliphatic hydroxyl groups is 1. The van der Waals surface area contributed by atoms with Crippen LogP contribution >= 0.6 is 23.2 Å². The van der Waals surface area contributed by atoms with E-state index in [1.54, 1.807) is 0 Å². The van der Waals surface area contributed by atoms with Gasteiger partial charge in [-0.3, -0.25) is 4.79 Å². The molecule has 0 saturated carbocycles. The number of alkyl halides is 3. The van der Waals surface area contributed by atoms with Gasteiger partial charge in [0, 0.05) is 24.1 Å². The number of halogens is 5. The molecule has 8 nitrogen and oxygen atoms in total. The number of carbonyl (C=O) groups is 2. The van der Waals surface area contributed by atoms with E-state index in [1.165, 1.54) is 62.4 Å². The highest BCUT2D eigenvalue weighted by molar-refractivity contribution is 6.32. The van der Waals surface area contributed by atoms with Crippen molar-refractivity contribution >= 4 is 40.8 Å². The van der Waals surface area contributed by atoms with Crippen LogP contribution in [0.15, 0.2) is 48.5 Å². The highest BCUT2D eigenvalue weighted by atomic mass is 35.5. The zero-order valence-electron chi connectivity index (χ0n) is 20.7. The lowest BCUT2D eigenvalue weighted by Crippen LogP contribution is -2.47. The lowest BCUT2D eigenvalue weighted by Gasteiger charge is -2.38. The van der Waals surface area contributed by atoms with E-state index >= 15 is 0 Å². The first kappa shape index (κ1) is 28.5. The van der Waals surface area contributed by atoms with Gasteiger partial charge >= 0.3 is 12.1 Å². The Hall–Kier alpha value is -3.54. The topological polar surface area (TPSA) is 98.2 Å². The molecule has 2 aromatic carbocycles. The molecule has 206 valence electrons. The number of fused-ring (bicyclic) bond motifs is 1. The Kier molecular flexibility index (Phi) is 7.70. The standard InChI is InChI=1S/C26H21Cl2F3N2O6/c1-13(25(36,26(29,30)31)14-4-8-20-19(10-14)33(2)22(34)12-38-20)16-6-5-15(11-18(16)27)39-21-9-7-17(23(28)32-21)24(35)37-3/h4-11,13,36H,12H2,1-3H3/t13-,25-/m1/s1. The average molecular weight is 585 g/mol. The van der Waals surface area contributed by atoms with E-state index in [4.69, 9.17) is 32.7 Å². The predicted molar refractivity (Wildman–Crippen MR) is 136 cm³/mol. The van der Waals surface area contributed by atoms with Crippen molar-refractivity contribution in [1.82, 2.24) is 4.98 Å². The Bertz CT molecular complexity index is 1450. The molecule has 1 N–H and O–H groups in total. The number of amides is 1. The van der Waals surface area contributed by atoms with E-state index in [1.807, 2.05) is 0 Å². The van der Waals surface area contributed by atoms with Crippen molar-refractivity contribution in [2.45, 2.75) is 24.6 Å². The molecule has 3 aromatic rings. The van der Waals surface area contributed by atoms with Gasteiger partial charge in [-0.25, -0.2) is 9.78 Å². The first-order valence-corrected chi connectivity index (χ1v) is 12.1. The van der Waals surface area contributed by atoms with Crippen LogP contribution in [0.5, 0.6) is 17.4 Å². The number of ether oxygens (including phenoxy) is 3. The SMILES string of the molecule is COC(=O)c1ccc(Oc2ccc([C@@H](C)[C@@](O)(c3ccc4c(c3)N(C)C(=O)CO4)C(F)(F)F)c(Cl)c2)nc1Cl. The monoisotopic (exact) mass is 584 g/mol. The highest BCUT2D eigenvalue weighted by Crippen LogP contribution is 2.51. The maximum Gasteiger partial charge on any atom is 0.422 e. The number of likely N-dealkylation sites (N-methyl/N-ethyl adjacent to an activating group) is 1. The number of hydrogen-bond donors (Lipinski definition) is 1. The Morgan fingerprint density at radius 3 is 2.49 bits per heavy atom. The van der Waals surface area contributed by atoms with E-state index in [2.05, 4.69) is 9.72 Å². The zero-order valence-corrected chi connectivity index (χ0v) is 22.2. The third-order valence-electron chi connectivity index (χ3n) is 6.43.